The fourth-order valence-electron chi connectivity index (χ4n) is 2.56. The van der Waals surface area contributed by atoms with Gasteiger partial charge in [0.05, 0.1) is 26.5 Å². The average molecular weight is 399 g/mol. The summed E-state index contributed by atoms with van der Waals surface area (Å²) in [5.74, 6) is 1.41. The van der Waals surface area contributed by atoms with E-state index < -0.39 is 11.8 Å². The third-order valence-electron chi connectivity index (χ3n) is 3.93. The Hall–Kier alpha value is -3.75. The number of rotatable bonds is 8. The molecule has 0 aromatic heterocycles. The third kappa shape index (κ3) is 5.16. The third-order valence-corrected chi connectivity index (χ3v) is 3.93. The Morgan fingerprint density at radius 2 is 1.97 bits per heavy atom. The van der Waals surface area contributed by atoms with Crippen molar-refractivity contribution in [1.82, 2.24) is 10.7 Å². The van der Waals surface area contributed by atoms with Gasteiger partial charge in [0.25, 0.3) is 11.8 Å². The molecule has 1 aliphatic heterocycles. The maximum absolute atomic E-state index is 12.2. The predicted octanol–water partition coefficient (Wildman–Crippen LogP) is 1.70. The van der Waals surface area contributed by atoms with Crippen molar-refractivity contribution in [3.05, 3.63) is 47.5 Å². The number of carbonyl (C=O) groups excluding carboxylic acids is 2. The van der Waals surface area contributed by atoms with Gasteiger partial charge >= 0.3 is 0 Å². The van der Waals surface area contributed by atoms with Crippen LogP contribution in [0.25, 0.3) is 0 Å². The van der Waals surface area contributed by atoms with Gasteiger partial charge in [-0.05, 0) is 48.9 Å². The topological polar surface area (TPSA) is 107 Å². The van der Waals surface area contributed by atoms with Gasteiger partial charge in [-0.2, -0.15) is 5.10 Å². The molecule has 9 nitrogen and oxygen atoms in total. The van der Waals surface area contributed by atoms with E-state index in [1.807, 2.05) is 6.92 Å². The lowest BCUT2D eigenvalue weighted by molar-refractivity contribution is -0.120. The number of nitrogens with zero attached hydrogens (tertiary/aromatic N) is 1. The number of nitrogens with one attached hydrogen (secondary N) is 2. The molecule has 0 atom stereocenters. The van der Waals surface area contributed by atoms with E-state index in [2.05, 4.69) is 15.8 Å². The molecule has 3 rings (SSSR count). The van der Waals surface area contributed by atoms with Crippen LogP contribution in [0.3, 0.4) is 0 Å². The molecule has 152 valence electrons. The van der Waals surface area contributed by atoms with Crippen LogP contribution in [0, 0.1) is 0 Å². The molecule has 1 heterocycles. The number of hydrogen-bond acceptors (Lipinski definition) is 7. The summed E-state index contributed by atoms with van der Waals surface area (Å²) in [4.78, 5) is 24.0. The largest absolute Gasteiger partial charge is 0.493 e. The minimum Gasteiger partial charge on any atom is -0.493 e. The molecular formula is C20H21N3O6. The Morgan fingerprint density at radius 3 is 2.76 bits per heavy atom. The summed E-state index contributed by atoms with van der Waals surface area (Å²) in [5, 5.41) is 6.41. The van der Waals surface area contributed by atoms with Crippen molar-refractivity contribution in [2.75, 3.05) is 27.1 Å². The Kier molecular flexibility index (Phi) is 6.51. The standard InChI is InChI=1S/C20H21N3O6/c1-3-27-17-8-13(4-6-15(17)26-2)10-22-23-19(24)11-21-20(25)14-5-7-16-18(9-14)29-12-28-16/h4-10H,3,11-12H2,1-2H3,(H,21,25)(H,23,24)/b22-10-. The zero-order valence-corrected chi connectivity index (χ0v) is 16.1. The van der Waals surface area contributed by atoms with Gasteiger partial charge in [0.1, 0.15) is 0 Å². The molecule has 0 saturated carbocycles. The lowest BCUT2D eigenvalue weighted by atomic mass is 10.2. The van der Waals surface area contributed by atoms with E-state index in [1.165, 1.54) is 6.21 Å². The molecule has 1 aliphatic rings. The molecule has 0 saturated heterocycles. The highest BCUT2D eigenvalue weighted by Gasteiger charge is 2.16. The van der Waals surface area contributed by atoms with Crippen LogP contribution in [0.4, 0.5) is 0 Å². The first kappa shape index (κ1) is 20.0. The van der Waals surface area contributed by atoms with Gasteiger partial charge in [0, 0.05) is 5.56 Å². The van der Waals surface area contributed by atoms with Gasteiger partial charge in [-0.3, -0.25) is 9.59 Å². The minimum atomic E-state index is -0.464. The van der Waals surface area contributed by atoms with E-state index in [4.69, 9.17) is 18.9 Å². The Bertz CT molecular complexity index is 928. The zero-order valence-electron chi connectivity index (χ0n) is 16.1. The molecule has 0 aliphatic carbocycles. The van der Waals surface area contributed by atoms with E-state index in [1.54, 1.807) is 43.5 Å². The number of fused-ring (bicyclic) bond motifs is 1. The van der Waals surface area contributed by atoms with Crippen molar-refractivity contribution >= 4 is 18.0 Å². The van der Waals surface area contributed by atoms with Crippen LogP contribution < -0.4 is 29.7 Å². The van der Waals surface area contributed by atoms with Gasteiger partial charge < -0.3 is 24.3 Å². The van der Waals surface area contributed by atoms with Crippen LogP contribution in [0.1, 0.15) is 22.8 Å². The van der Waals surface area contributed by atoms with Crippen molar-refractivity contribution in [3.63, 3.8) is 0 Å². The number of ether oxygens (including phenoxy) is 4. The number of hydrazone groups is 1. The summed E-state index contributed by atoms with van der Waals surface area (Å²) in [6, 6.07) is 10.1. The van der Waals surface area contributed by atoms with Crippen molar-refractivity contribution in [2.24, 2.45) is 5.10 Å². The van der Waals surface area contributed by atoms with Gasteiger partial charge in [0.15, 0.2) is 23.0 Å². The van der Waals surface area contributed by atoms with E-state index in [0.29, 0.717) is 35.2 Å². The summed E-state index contributed by atoms with van der Waals surface area (Å²) < 4.78 is 21.1. The second-order valence-corrected chi connectivity index (χ2v) is 5.89. The van der Waals surface area contributed by atoms with Crippen LogP contribution >= 0.6 is 0 Å². The molecule has 2 aromatic rings. The first-order valence-corrected chi connectivity index (χ1v) is 8.91. The highest BCUT2D eigenvalue weighted by molar-refractivity contribution is 5.97. The van der Waals surface area contributed by atoms with Gasteiger partial charge in [-0.1, -0.05) is 0 Å². The molecule has 0 bridgehead atoms. The first-order valence-electron chi connectivity index (χ1n) is 8.91. The maximum atomic E-state index is 12.2. The molecule has 9 heteroatoms. The lowest BCUT2D eigenvalue weighted by Gasteiger charge is -2.09. The number of hydrogen-bond donors (Lipinski definition) is 2. The molecular weight excluding hydrogens is 378 g/mol. The first-order chi connectivity index (χ1) is 14.1. The van der Waals surface area contributed by atoms with Crippen molar-refractivity contribution in [3.8, 4) is 23.0 Å². The van der Waals surface area contributed by atoms with Crippen molar-refractivity contribution in [2.45, 2.75) is 6.92 Å². The van der Waals surface area contributed by atoms with Crippen LogP contribution in [-0.2, 0) is 4.79 Å². The Labute approximate surface area is 167 Å². The quantitative estimate of drug-likeness (QED) is 0.517. The fourth-order valence-corrected chi connectivity index (χ4v) is 2.56. The van der Waals surface area contributed by atoms with Gasteiger partial charge in [-0.15, -0.1) is 0 Å². The molecule has 0 radical (unpaired) electrons. The predicted molar refractivity (Wildman–Crippen MR) is 105 cm³/mol. The summed E-state index contributed by atoms with van der Waals surface area (Å²) in [6.45, 7) is 2.27. The summed E-state index contributed by atoms with van der Waals surface area (Å²) in [5.41, 5.74) is 3.45. The van der Waals surface area contributed by atoms with Gasteiger partial charge in [-0.25, -0.2) is 5.43 Å². The van der Waals surface area contributed by atoms with E-state index >= 15 is 0 Å². The second-order valence-electron chi connectivity index (χ2n) is 5.89. The van der Waals surface area contributed by atoms with Crippen LogP contribution in [0.2, 0.25) is 0 Å². The molecule has 29 heavy (non-hydrogen) atoms. The van der Waals surface area contributed by atoms with Crippen LogP contribution in [0.5, 0.6) is 23.0 Å². The summed E-state index contributed by atoms with van der Waals surface area (Å²) >= 11 is 0. The molecule has 2 aromatic carbocycles. The number of benzene rings is 2. The lowest BCUT2D eigenvalue weighted by Crippen LogP contribution is -2.34. The number of amides is 2. The van der Waals surface area contributed by atoms with E-state index in [9.17, 15) is 9.59 Å². The normalized spacial score (nSPS) is 11.9. The average Bonchev–Trinajstić information content (AvgIpc) is 3.20. The minimum absolute atomic E-state index is 0.126. The van der Waals surface area contributed by atoms with Crippen molar-refractivity contribution in [1.29, 1.82) is 0 Å². The molecule has 0 spiro atoms. The maximum Gasteiger partial charge on any atom is 0.259 e. The van der Waals surface area contributed by atoms with Crippen LogP contribution in [-0.4, -0.2) is 45.1 Å². The fraction of sp³-hybridized carbons (Fsp3) is 0.250. The number of methoxy groups -OCH3 is 1. The smallest absolute Gasteiger partial charge is 0.259 e. The summed E-state index contributed by atoms with van der Waals surface area (Å²) in [6.07, 6.45) is 1.47. The molecule has 0 unspecified atom stereocenters. The molecule has 2 N–H and O–H groups in total. The second kappa shape index (κ2) is 9.45. The SMILES string of the molecule is CCOc1cc(/C=N\NC(=O)CNC(=O)c2ccc3c(c2)OCO3)ccc1OC. The Balaban J connectivity index is 1.49. The van der Waals surface area contributed by atoms with E-state index in [0.717, 1.165) is 5.56 Å². The number of carbonyl (C=O) groups is 2. The summed E-state index contributed by atoms with van der Waals surface area (Å²) in [7, 11) is 1.56. The highest BCUT2D eigenvalue weighted by atomic mass is 16.7. The highest BCUT2D eigenvalue weighted by Crippen LogP contribution is 2.32. The monoisotopic (exact) mass is 399 g/mol. The van der Waals surface area contributed by atoms with E-state index in [-0.39, 0.29) is 13.3 Å². The Morgan fingerprint density at radius 1 is 1.14 bits per heavy atom. The van der Waals surface area contributed by atoms with Gasteiger partial charge in [0.2, 0.25) is 6.79 Å². The molecule has 2 amide bonds. The molecule has 0 fully saturated rings. The van der Waals surface area contributed by atoms with Crippen LogP contribution in [0.15, 0.2) is 41.5 Å². The zero-order chi connectivity index (χ0) is 20.6. The van der Waals surface area contributed by atoms with Crippen molar-refractivity contribution < 1.29 is 28.5 Å².